The summed E-state index contributed by atoms with van der Waals surface area (Å²) in [5, 5.41) is 12.0. The van der Waals surface area contributed by atoms with E-state index in [0.29, 0.717) is 19.7 Å². The molecule has 1 saturated carbocycles. The first-order valence-corrected chi connectivity index (χ1v) is 18.8. The SMILES string of the molecule is O=C(NC1CC1)C1CN(C(=O)OCC2c3ccccc3-c3ccccc32)CCO1.O=C(O)C1CN(C(=O)OCC2c3ccccc3-c3ccccc32)CCO1. The van der Waals surface area contributed by atoms with E-state index < -0.39 is 24.3 Å². The number of amides is 3. The van der Waals surface area contributed by atoms with Crippen molar-refractivity contribution < 1.29 is 43.2 Å². The van der Waals surface area contributed by atoms with Gasteiger partial charge in [-0.2, -0.15) is 0 Å². The van der Waals surface area contributed by atoms with Gasteiger partial charge in [0.25, 0.3) is 5.91 Å². The highest BCUT2D eigenvalue weighted by atomic mass is 16.6. The Bertz CT molecular complexity index is 1990. The summed E-state index contributed by atoms with van der Waals surface area (Å²) >= 11 is 0. The molecule has 9 rings (SSSR count). The van der Waals surface area contributed by atoms with Crippen LogP contribution >= 0.6 is 0 Å². The van der Waals surface area contributed by atoms with E-state index in [4.69, 9.17) is 24.1 Å². The number of rotatable bonds is 7. The number of nitrogens with zero attached hydrogens (tertiary/aromatic N) is 2. The van der Waals surface area contributed by atoms with Crippen molar-refractivity contribution in [3.63, 3.8) is 0 Å². The maximum absolute atomic E-state index is 12.7. The molecule has 2 unspecified atom stereocenters. The third-order valence-corrected chi connectivity index (χ3v) is 10.8. The average molecular weight is 746 g/mol. The lowest BCUT2D eigenvalue weighted by Gasteiger charge is -2.31. The predicted molar refractivity (Wildman–Crippen MR) is 202 cm³/mol. The van der Waals surface area contributed by atoms with Crippen LogP contribution in [0.1, 0.15) is 46.9 Å². The molecule has 3 aliphatic carbocycles. The number of ether oxygens (including phenoxy) is 4. The third-order valence-electron chi connectivity index (χ3n) is 10.8. The molecule has 2 saturated heterocycles. The van der Waals surface area contributed by atoms with E-state index in [0.717, 1.165) is 24.0 Å². The van der Waals surface area contributed by atoms with Gasteiger partial charge < -0.3 is 39.2 Å². The zero-order valence-corrected chi connectivity index (χ0v) is 30.3. The molecule has 4 aromatic carbocycles. The first-order valence-electron chi connectivity index (χ1n) is 18.8. The molecular formula is C43H43N3O9. The zero-order valence-electron chi connectivity index (χ0n) is 30.3. The lowest BCUT2D eigenvalue weighted by molar-refractivity contribution is -0.155. The Labute approximate surface area is 318 Å². The summed E-state index contributed by atoms with van der Waals surface area (Å²) in [6.45, 7) is 2.05. The van der Waals surface area contributed by atoms with Crippen molar-refractivity contribution in [1.29, 1.82) is 0 Å². The number of hydrogen-bond donors (Lipinski definition) is 2. The molecule has 2 aliphatic heterocycles. The van der Waals surface area contributed by atoms with Crippen molar-refractivity contribution in [2.75, 3.05) is 52.6 Å². The number of benzene rings is 4. The van der Waals surface area contributed by atoms with Gasteiger partial charge in [-0.1, -0.05) is 97.1 Å². The zero-order chi connectivity index (χ0) is 37.9. The standard InChI is InChI=1S/C23H24N2O4.C20H19NO5/c26-22(24-15-9-10-15)21-13-25(11-12-28-21)23(27)29-14-20-18-7-3-1-5-16(18)17-6-2-4-8-19(17)20;22-19(23)18-11-21(9-10-25-18)20(24)26-12-17-15-7-3-1-5-13(15)14-6-2-4-8-16(14)17/h1-8,15,20-21H,9-14H2,(H,24,26);1-8,17-18H,9-12H2,(H,22,23). The molecule has 2 heterocycles. The Balaban J connectivity index is 0.000000156. The van der Waals surface area contributed by atoms with Gasteiger partial charge in [-0.05, 0) is 57.3 Å². The van der Waals surface area contributed by atoms with Crippen LogP contribution in [0.5, 0.6) is 0 Å². The van der Waals surface area contributed by atoms with Gasteiger partial charge in [-0.3, -0.25) is 4.79 Å². The van der Waals surface area contributed by atoms with Crippen molar-refractivity contribution in [3.05, 3.63) is 119 Å². The van der Waals surface area contributed by atoms with E-state index in [1.165, 1.54) is 38.3 Å². The molecule has 284 valence electrons. The maximum atomic E-state index is 12.7. The number of carboxylic acids is 1. The summed E-state index contributed by atoms with van der Waals surface area (Å²) in [6.07, 6.45) is -0.460. The van der Waals surface area contributed by atoms with Crippen molar-refractivity contribution in [2.24, 2.45) is 0 Å². The van der Waals surface area contributed by atoms with Gasteiger partial charge in [0.2, 0.25) is 0 Å². The molecule has 4 aromatic rings. The van der Waals surface area contributed by atoms with Gasteiger partial charge in [0.1, 0.15) is 13.2 Å². The minimum atomic E-state index is -1.07. The molecule has 0 spiro atoms. The van der Waals surface area contributed by atoms with Crippen LogP contribution in [0.25, 0.3) is 22.3 Å². The molecule has 0 radical (unpaired) electrons. The minimum absolute atomic E-state index is 0.00596. The van der Waals surface area contributed by atoms with E-state index in [1.54, 1.807) is 4.90 Å². The van der Waals surface area contributed by atoms with Crippen LogP contribution in [0.4, 0.5) is 9.59 Å². The molecule has 55 heavy (non-hydrogen) atoms. The lowest BCUT2D eigenvalue weighted by Crippen LogP contribution is -2.52. The lowest BCUT2D eigenvalue weighted by atomic mass is 9.98. The first kappa shape index (κ1) is 36.3. The molecule has 12 nitrogen and oxygen atoms in total. The maximum Gasteiger partial charge on any atom is 0.409 e. The summed E-state index contributed by atoms with van der Waals surface area (Å²) in [5.74, 6) is -1.19. The van der Waals surface area contributed by atoms with Gasteiger partial charge >= 0.3 is 18.2 Å². The monoisotopic (exact) mass is 745 g/mol. The number of morpholine rings is 2. The molecule has 0 bridgehead atoms. The summed E-state index contributed by atoms with van der Waals surface area (Å²) in [5.41, 5.74) is 9.40. The van der Waals surface area contributed by atoms with E-state index >= 15 is 0 Å². The quantitative estimate of drug-likeness (QED) is 0.246. The molecule has 12 heteroatoms. The van der Waals surface area contributed by atoms with Crippen LogP contribution in [-0.4, -0.2) is 110 Å². The molecule has 3 fully saturated rings. The predicted octanol–water partition coefficient (Wildman–Crippen LogP) is 5.64. The number of carbonyl (C=O) groups excluding carboxylic acids is 3. The second-order valence-corrected chi connectivity index (χ2v) is 14.3. The van der Waals surface area contributed by atoms with E-state index in [1.807, 2.05) is 48.5 Å². The van der Waals surface area contributed by atoms with Crippen LogP contribution in [-0.2, 0) is 28.5 Å². The molecule has 0 aromatic heterocycles. The number of aliphatic carboxylic acids is 1. The largest absolute Gasteiger partial charge is 0.479 e. The van der Waals surface area contributed by atoms with E-state index in [2.05, 4.69) is 53.8 Å². The summed E-state index contributed by atoms with van der Waals surface area (Å²) in [6, 6.07) is 33.0. The van der Waals surface area contributed by atoms with Crippen LogP contribution in [0.3, 0.4) is 0 Å². The number of nitrogens with one attached hydrogen (secondary N) is 1. The fourth-order valence-electron chi connectivity index (χ4n) is 7.83. The summed E-state index contributed by atoms with van der Waals surface area (Å²) in [4.78, 5) is 51.4. The van der Waals surface area contributed by atoms with Gasteiger partial charge in [-0.15, -0.1) is 0 Å². The third kappa shape index (κ3) is 7.78. The second-order valence-electron chi connectivity index (χ2n) is 14.3. The smallest absolute Gasteiger partial charge is 0.409 e. The first-order chi connectivity index (χ1) is 26.9. The molecule has 2 N–H and O–H groups in total. The fraction of sp³-hybridized carbons (Fsp3) is 0.349. The second kappa shape index (κ2) is 15.9. The average Bonchev–Trinajstić information content (AvgIpc) is 3.91. The Morgan fingerprint density at radius 1 is 0.600 bits per heavy atom. The normalized spacial score (nSPS) is 19.9. The number of carboxylic acid groups (broad SMARTS) is 1. The van der Waals surface area contributed by atoms with Crippen molar-refractivity contribution in [1.82, 2.24) is 15.1 Å². The highest BCUT2D eigenvalue weighted by Crippen LogP contribution is 2.45. The molecule has 5 aliphatic rings. The summed E-state index contributed by atoms with van der Waals surface area (Å²) in [7, 11) is 0. The van der Waals surface area contributed by atoms with Gasteiger partial charge in [0, 0.05) is 31.0 Å². The van der Waals surface area contributed by atoms with Crippen molar-refractivity contribution >= 4 is 24.1 Å². The summed E-state index contributed by atoms with van der Waals surface area (Å²) < 4.78 is 21.9. The van der Waals surface area contributed by atoms with Crippen LogP contribution < -0.4 is 5.32 Å². The van der Waals surface area contributed by atoms with Crippen molar-refractivity contribution in [2.45, 2.75) is 42.9 Å². The Hall–Kier alpha value is -5.72. The molecular weight excluding hydrogens is 702 g/mol. The Morgan fingerprint density at radius 3 is 1.38 bits per heavy atom. The number of hydrogen-bond acceptors (Lipinski definition) is 8. The van der Waals surface area contributed by atoms with E-state index in [9.17, 15) is 19.2 Å². The molecule has 3 amide bonds. The van der Waals surface area contributed by atoms with Crippen LogP contribution in [0, 0.1) is 0 Å². The van der Waals surface area contributed by atoms with Crippen molar-refractivity contribution in [3.8, 4) is 22.3 Å². The minimum Gasteiger partial charge on any atom is -0.479 e. The van der Waals surface area contributed by atoms with Gasteiger partial charge in [-0.25, -0.2) is 14.4 Å². The molecule has 2 atom stereocenters. The number of fused-ring (bicyclic) bond motifs is 6. The van der Waals surface area contributed by atoms with Gasteiger partial charge in [0.05, 0.1) is 26.3 Å². The van der Waals surface area contributed by atoms with E-state index in [-0.39, 0.29) is 62.8 Å². The topological polar surface area (TPSA) is 144 Å². The fourth-order valence-corrected chi connectivity index (χ4v) is 7.83. The Morgan fingerprint density at radius 2 is 0.982 bits per heavy atom. The Kier molecular flexibility index (Phi) is 10.5. The van der Waals surface area contributed by atoms with Crippen LogP contribution in [0.15, 0.2) is 97.1 Å². The number of carbonyl (C=O) groups is 4. The van der Waals surface area contributed by atoms with Gasteiger partial charge in [0.15, 0.2) is 12.2 Å². The highest BCUT2D eigenvalue weighted by Gasteiger charge is 2.36. The highest BCUT2D eigenvalue weighted by molar-refractivity contribution is 5.83. The van der Waals surface area contributed by atoms with Crippen LogP contribution in [0.2, 0.25) is 0 Å².